The highest BCUT2D eigenvalue weighted by molar-refractivity contribution is 7.22. The Kier molecular flexibility index (Phi) is 4.35. The third-order valence-corrected chi connectivity index (χ3v) is 6.82. The van der Waals surface area contributed by atoms with E-state index in [1.807, 2.05) is 0 Å². The second-order valence-corrected chi connectivity index (χ2v) is 8.63. The molecule has 3 aromatic rings. The number of hydrogen-bond acceptors (Lipinski definition) is 5. The molecule has 1 aliphatic heterocycles. The molecule has 0 radical (unpaired) electrons. The first-order valence-electron chi connectivity index (χ1n) is 8.57. The third-order valence-electron chi connectivity index (χ3n) is 4.63. The van der Waals surface area contributed by atoms with Crippen LogP contribution in [0.4, 0.5) is 5.00 Å². The van der Waals surface area contributed by atoms with Crippen LogP contribution in [0.2, 0.25) is 0 Å². The molecule has 2 aromatic heterocycles. The molecule has 0 aliphatic carbocycles. The summed E-state index contributed by atoms with van der Waals surface area (Å²) in [4.78, 5) is 20.4. The van der Waals surface area contributed by atoms with E-state index in [9.17, 15) is 4.79 Å². The summed E-state index contributed by atoms with van der Waals surface area (Å²) in [6.07, 6.45) is 1.02. The molecule has 0 spiro atoms. The van der Waals surface area contributed by atoms with Gasteiger partial charge in [0.15, 0.2) is 0 Å². The van der Waals surface area contributed by atoms with Gasteiger partial charge in [-0.1, -0.05) is 13.0 Å². The quantitative estimate of drug-likeness (QED) is 0.728. The van der Waals surface area contributed by atoms with Crippen LogP contribution < -0.4 is 5.32 Å². The van der Waals surface area contributed by atoms with Gasteiger partial charge in [0.05, 0.1) is 10.2 Å². The Bertz CT molecular complexity index is 957. The van der Waals surface area contributed by atoms with Gasteiger partial charge in [0.25, 0.3) is 0 Å². The average Bonchev–Trinajstić information content (AvgIpc) is 3.13. The number of thiazole rings is 1. The Morgan fingerprint density at radius 1 is 1.36 bits per heavy atom. The van der Waals surface area contributed by atoms with Crippen molar-refractivity contribution in [2.24, 2.45) is 0 Å². The molecule has 130 valence electrons. The maximum Gasteiger partial charge on any atom is 0.221 e. The van der Waals surface area contributed by atoms with E-state index >= 15 is 0 Å². The van der Waals surface area contributed by atoms with E-state index < -0.39 is 0 Å². The lowest BCUT2D eigenvalue weighted by molar-refractivity contribution is -0.114. The first-order valence-corrected chi connectivity index (χ1v) is 10.2. The highest BCUT2D eigenvalue weighted by atomic mass is 32.1. The first-order chi connectivity index (χ1) is 12.0. The lowest BCUT2D eigenvalue weighted by atomic mass is 10.0. The second kappa shape index (κ2) is 6.52. The minimum Gasteiger partial charge on any atom is -0.317 e. The summed E-state index contributed by atoms with van der Waals surface area (Å²) in [5, 5.41) is 5.02. The van der Waals surface area contributed by atoms with Crippen LogP contribution in [0.5, 0.6) is 0 Å². The molecule has 0 atom stereocenters. The summed E-state index contributed by atoms with van der Waals surface area (Å²) < 4.78 is 1.19. The van der Waals surface area contributed by atoms with Crippen molar-refractivity contribution in [3.8, 4) is 10.6 Å². The number of rotatable bonds is 3. The molecule has 3 heterocycles. The molecule has 0 fully saturated rings. The number of thiophene rings is 1. The molecule has 0 unspecified atom stereocenters. The number of anilines is 1. The second-order valence-electron chi connectivity index (χ2n) is 6.50. The number of nitrogens with zero attached hydrogens (tertiary/aromatic N) is 2. The van der Waals surface area contributed by atoms with Crippen molar-refractivity contribution in [1.29, 1.82) is 0 Å². The Morgan fingerprint density at radius 3 is 2.96 bits per heavy atom. The fourth-order valence-corrected chi connectivity index (χ4v) is 5.77. The Balaban J connectivity index is 1.86. The van der Waals surface area contributed by atoms with Gasteiger partial charge in [0.1, 0.15) is 10.0 Å². The molecule has 25 heavy (non-hydrogen) atoms. The zero-order chi connectivity index (χ0) is 17.6. The van der Waals surface area contributed by atoms with Crippen LogP contribution in [0, 0.1) is 6.92 Å². The van der Waals surface area contributed by atoms with Crippen molar-refractivity contribution in [3.63, 3.8) is 0 Å². The zero-order valence-electron chi connectivity index (χ0n) is 14.7. The average molecular weight is 372 g/mol. The van der Waals surface area contributed by atoms with E-state index in [4.69, 9.17) is 4.98 Å². The van der Waals surface area contributed by atoms with E-state index in [-0.39, 0.29) is 5.91 Å². The van der Waals surface area contributed by atoms with Crippen molar-refractivity contribution >= 4 is 43.8 Å². The molecule has 4 rings (SSSR count). The summed E-state index contributed by atoms with van der Waals surface area (Å²) in [6.45, 7) is 8.95. The molecule has 1 aliphatic rings. The van der Waals surface area contributed by atoms with Gasteiger partial charge in [-0.05, 0) is 43.1 Å². The summed E-state index contributed by atoms with van der Waals surface area (Å²) in [6, 6.07) is 6.40. The van der Waals surface area contributed by atoms with Gasteiger partial charge in [-0.25, -0.2) is 4.98 Å². The van der Waals surface area contributed by atoms with E-state index in [2.05, 4.69) is 42.3 Å². The van der Waals surface area contributed by atoms with Gasteiger partial charge in [0, 0.05) is 30.5 Å². The van der Waals surface area contributed by atoms with Crippen LogP contribution in [-0.2, 0) is 17.8 Å². The Labute approximate surface area is 155 Å². The summed E-state index contributed by atoms with van der Waals surface area (Å²) in [5.74, 6) is -0.0239. The standard InChI is InChI=1S/C19H21N3OS2/c1-4-22-8-7-13-16(10-22)25-18(20-12(3)23)17(13)19-21-14-9-11(2)5-6-15(14)24-19/h5-6,9H,4,7-8,10H2,1-3H3,(H,20,23). The number of aryl methyl sites for hydroxylation is 1. The van der Waals surface area contributed by atoms with Crippen LogP contribution in [0.1, 0.15) is 29.9 Å². The van der Waals surface area contributed by atoms with Crippen molar-refractivity contribution in [2.75, 3.05) is 18.4 Å². The predicted molar refractivity (Wildman–Crippen MR) is 107 cm³/mol. The summed E-state index contributed by atoms with van der Waals surface area (Å²) in [5.41, 5.74) is 4.77. The normalized spacial score (nSPS) is 14.7. The molecule has 1 amide bonds. The fourth-order valence-electron chi connectivity index (χ4n) is 3.34. The van der Waals surface area contributed by atoms with E-state index in [1.165, 1.54) is 20.7 Å². The van der Waals surface area contributed by atoms with Crippen LogP contribution in [0.25, 0.3) is 20.8 Å². The van der Waals surface area contributed by atoms with Crippen LogP contribution in [0.15, 0.2) is 18.2 Å². The van der Waals surface area contributed by atoms with E-state index in [0.717, 1.165) is 47.1 Å². The third kappa shape index (κ3) is 3.10. The van der Waals surface area contributed by atoms with Crippen molar-refractivity contribution < 1.29 is 4.79 Å². The van der Waals surface area contributed by atoms with E-state index in [0.29, 0.717) is 0 Å². The van der Waals surface area contributed by atoms with Gasteiger partial charge >= 0.3 is 0 Å². The Morgan fingerprint density at radius 2 is 2.20 bits per heavy atom. The molecule has 1 aromatic carbocycles. The number of likely N-dealkylation sites (N-methyl/N-ethyl adjacent to an activating group) is 1. The lowest BCUT2D eigenvalue weighted by Gasteiger charge is -2.25. The summed E-state index contributed by atoms with van der Waals surface area (Å²) >= 11 is 3.43. The molecule has 1 N–H and O–H groups in total. The predicted octanol–water partition coefficient (Wildman–Crippen LogP) is 4.67. The minimum atomic E-state index is -0.0239. The molecular weight excluding hydrogens is 350 g/mol. The number of amides is 1. The first kappa shape index (κ1) is 16.7. The number of carbonyl (C=O) groups is 1. The smallest absolute Gasteiger partial charge is 0.221 e. The number of carbonyl (C=O) groups excluding carboxylic acids is 1. The fraction of sp³-hybridized carbons (Fsp3) is 0.368. The van der Waals surface area contributed by atoms with Crippen LogP contribution >= 0.6 is 22.7 Å². The molecular formula is C19H21N3OS2. The van der Waals surface area contributed by atoms with Crippen molar-refractivity contribution in [1.82, 2.24) is 9.88 Å². The van der Waals surface area contributed by atoms with Crippen LogP contribution in [-0.4, -0.2) is 28.9 Å². The maximum atomic E-state index is 11.7. The molecule has 0 bridgehead atoms. The van der Waals surface area contributed by atoms with Gasteiger partial charge in [-0.3, -0.25) is 9.69 Å². The molecule has 0 saturated heterocycles. The monoisotopic (exact) mass is 371 g/mol. The number of fused-ring (bicyclic) bond motifs is 2. The van der Waals surface area contributed by atoms with Gasteiger partial charge < -0.3 is 5.32 Å². The molecule has 0 saturated carbocycles. The topological polar surface area (TPSA) is 45.2 Å². The van der Waals surface area contributed by atoms with Gasteiger partial charge in [0.2, 0.25) is 5.91 Å². The number of hydrogen-bond donors (Lipinski definition) is 1. The highest BCUT2D eigenvalue weighted by Gasteiger charge is 2.26. The minimum absolute atomic E-state index is 0.0239. The highest BCUT2D eigenvalue weighted by Crippen LogP contribution is 2.45. The van der Waals surface area contributed by atoms with Gasteiger partial charge in [-0.2, -0.15) is 0 Å². The number of aromatic nitrogens is 1. The number of benzene rings is 1. The van der Waals surface area contributed by atoms with E-state index in [1.54, 1.807) is 29.6 Å². The van der Waals surface area contributed by atoms with Crippen molar-refractivity contribution in [2.45, 2.75) is 33.7 Å². The largest absolute Gasteiger partial charge is 0.317 e. The molecule has 4 nitrogen and oxygen atoms in total. The van der Waals surface area contributed by atoms with Crippen molar-refractivity contribution in [3.05, 3.63) is 34.2 Å². The number of nitrogens with one attached hydrogen (secondary N) is 1. The lowest BCUT2D eigenvalue weighted by Crippen LogP contribution is -2.29. The molecule has 6 heteroatoms. The Hall–Kier alpha value is -1.76. The maximum absolute atomic E-state index is 11.7. The summed E-state index contributed by atoms with van der Waals surface area (Å²) in [7, 11) is 0. The van der Waals surface area contributed by atoms with Gasteiger partial charge in [-0.15, -0.1) is 22.7 Å². The zero-order valence-corrected chi connectivity index (χ0v) is 16.3. The SMILES string of the molecule is CCN1CCc2c(sc(NC(C)=O)c2-c2nc3cc(C)ccc3s2)C1. The van der Waals surface area contributed by atoms with Crippen LogP contribution in [0.3, 0.4) is 0 Å².